The Labute approximate surface area is 195 Å². The number of rotatable bonds is 5. The quantitative estimate of drug-likeness (QED) is 0.521. The average molecular weight is 466 g/mol. The predicted molar refractivity (Wildman–Crippen MR) is 125 cm³/mol. The van der Waals surface area contributed by atoms with Crippen molar-refractivity contribution in [1.29, 1.82) is 0 Å². The summed E-state index contributed by atoms with van der Waals surface area (Å²) in [6.07, 6.45) is 2.67. The number of nitrogens with zero attached hydrogens (tertiary/aromatic N) is 5. The first-order valence-corrected chi connectivity index (χ1v) is 11.3. The molecule has 3 heterocycles. The van der Waals surface area contributed by atoms with Crippen LogP contribution in [0.2, 0.25) is 0 Å². The van der Waals surface area contributed by atoms with Crippen molar-refractivity contribution in [1.82, 2.24) is 24.0 Å². The average Bonchev–Trinajstić information content (AvgIpc) is 2.85. The molecule has 34 heavy (non-hydrogen) atoms. The highest BCUT2D eigenvalue weighted by Crippen LogP contribution is 2.19. The molecule has 1 aliphatic heterocycles. The van der Waals surface area contributed by atoms with Crippen LogP contribution in [-0.4, -0.2) is 55.6 Å². The lowest BCUT2D eigenvalue weighted by Gasteiger charge is -2.31. The summed E-state index contributed by atoms with van der Waals surface area (Å²) in [6.45, 7) is 4.23. The van der Waals surface area contributed by atoms with Crippen molar-refractivity contribution >= 4 is 22.9 Å². The van der Waals surface area contributed by atoms with Gasteiger partial charge in [-0.15, -0.1) is 0 Å². The van der Waals surface area contributed by atoms with E-state index < -0.39 is 29.6 Å². The molecule has 4 rings (SSSR count). The lowest BCUT2D eigenvalue weighted by Crippen LogP contribution is -2.48. The molecule has 1 fully saturated rings. The van der Waals surface area contributed by atoms with Crippen LogP contribution in [0.4, 0.5) is 0 Å². The van der Waals surface area contributed by atoms with E-state index in [4.69, 9.17) is 4.74 Å². The minimum absolute atomic E-state index is 0.147. The summed E-state index contributed by atoms with van der Waals surface area (Å²) in [5.74, 6) is -0.735. The fourth-order valence-corrected chi connectivity index (χ4v) is 4.16. The second kappa shape index (κ2) is 9.58. The molecule has 3 aromatic rings. The number of carbonyl (C=O) groups is 2. The van der Waals surface area contributed by atoms with Gasteiger partial charge in [-0.25, -0.2) is 14.8 Å². The van der Waals surface area contributed by atoms with E-state index in [0.29, 0.717) is 25.2 Å². The van der Waals surface area contributed by atoms with Crippen molar-refractivity contribution in [2.75, 3.05) is 19.7 Å². The Morgan fingerprint density at radius 2 is 1.91 bits per heavy atom. The SMILES string of the molecule is CCOC(=O)[C@@H]1CCCN(C(=O)Cn2c(=O)c3cnc(-c4ccc(C)cc4)nc3n(C)c2=O)C1. The number of ether oxygens (including phenoxy) is 1. The van der Waals surface area contributed by atoms with Crippen molar-refractivity contribution < 1.29 is 14.3 Å². The number of carbonyl (C=O) groups excluding carboxylic acids is 2. The Balaban J connectivity index is 1.63. The summed E-state index contributed by atoms with van der Waals surface area (Å²) >= 11 is 0. The summed E-state index contributed by atoms with van der Waals surface area (Å²) in [5, 5.41) is 0.147. The fourth-order valence-electron chi connectivity index (χ4n) is 4.16. The lowest BCUT2D eigenvalue weighted by molar-refractivity contribution is -0.151. The van der Waals surface area contributed by atoms with E-state index in [-0.39, 0.29) is 30.2 Å². The van der Waals surface area contributed by atoms with E-state index in [1.54, 1.807) is 6.92 Å². The molecule has 10 heteroatoms. The van der Waals surface area contributed by atoms with Crippen molar-refractivity contribution in [2.24, 2.45) is 13.0 Å². The fraction of sp³-hybridized carbons (Fsp3) is 0.417. The number of benzene rings is 1. The van der Waals surface area contributed by atoms with Crippen LogP contribution in [-0.2, 0) is 27.9 Å². The van der Waals surface area contributed by atoms with E-state index in [9.17, 15) is 19.2 Å². The molecule has 0 aliphatic carbocycles. The number of aromatic nitrogens is 4. The zero-order chi connectivity index (χ0) is 24.4. The molecular formula is C24H27N5O5. The largest absolute Gasteiger partial charge is 0.466 e. The minimum atomic E-state index is -0.640. The van der Waals surface area contributed by atoms with Gasteiger partial charge in [-0.3, -0.25) is 23.5 Å². The van der Waals surface area contributed by atoms with Crippen LogP contribution in [0.1, 0.15) is 25.3 Å². The van der Waals surface area contributed by atoms with Gasteiger partial charge in [0.25, 0.3) is 5.56 Å². The van der Waals surface area contributed by atoms with Crippen LogP contribution in [0.3, 0.4) is 0 Å². The first kappa shape index (κ1) is 23.3. The van der Waals surface area contributed by atoms with Gasteiger partial charge in [0.2, 0.25) is 5.91 Å². The molecule has 1 saturated heterocycles. The third-order valence-corrected chi connectivity index (χ3v) is 6.08. The predicted octanol–water partition coefficient (Wildman–Crippen LogP) is 1.27. The van der Waals surface area contributed by atoms with E-state index in [2.05, 4.69) is 9.97 Å². The number of esters is 1. The van der Waals surface area contributed by atoms with Gasteiger partial charge in [0.05, 0.1) is 12.5 Å². The molecule has 178 valence electrons. The van der Waals surface area contributed by atoms with E-state index in [1.807, 2.05) is 31.2 Å². The highest BCUT2D eigenvalue weighted by molar-refractivity contribution is 5.79. The van der Waals surface area contributed by atoms with Crippen LogP contribution >= 0.6 is 0 Å². The molecule has 0 saturated carbocycles. The number of likely N-dealkylation sites (tertiary alicyclic amines) is 1. The maximum Gasteiger partial charge on any atom is 0.332 e. The van der Waals surface area contributed by atoms with Crippen molar-refractivity contribution in [2.45, 2.75) is 33.2 Å². The number of hydrogen-bond acceptors (Lipinski definition) is 7. The van der Waals surface area contributed by atoms with Gasteiger partial charge in [-0.2, -0.15) is 0 Å². The summed E-state index contributed by atoms with van der Waals surface area (Å²) < 4.78 is 7.23. The van der Waals surface area contributed by atoms with E-state index >= 15 is 0 Å². The Morgan fingerprint density at radius 1 is 1.18 bits per heavy atom. The molecule has 1 atom stereocenters. The van der Waals surface area contributed by atoms with Gasteiger partial charge in [0.1, 0.15) is 11.9 Å². The monoisotopic (exact) mass is 465 g/mol. The molecule has 0 spiro atoms. The highest BCUT2D eigenvalue weighted by Gasteiger charge is 2.30. The number of aryl methyl sites for hydroxylation is 2. The highest BCUT2D eigenvalue weighted by atomic mass is 16.5. The van der Waals surface area contributed by atoms with Gasteiger partial charge in [-0.05, 0) is 26.7 Å². The lowest BCUT2D eigenvalue weighted by atomic mass is 9.98. The van der Waals surface area contributed by atoms with Gasteiger partial charge in [-0.1, -0.05) is 29.8 Å². The van der Waals surface area contributed by atoms with Crippen LogP contribution in [0.15, 0.2) is 40.1 Å². The molecule has 1 aromatic carbocycles. The summed E-state index contributed by atoms with van der Waals surface area (Å²) in [5.41, 5.74) is 0.788. The number of piperidine rings is 1. The first-order chi connectivity index (χ1) is 16.3. The first-order valence-electron chi connectivity index (χ1n) is 11.3. The van der Waals surface area contributed by atoms with Crippen LogP contribution in [0, 0.1) is 12.8 Å². The zero-order valence-electron chi connectivity index (χ0n) is 19.5. The normalized spacial score (nSPS) is 16.0. The second-order valence-corrected chi connectivity index (χ2v) is 8.46. The van der Waals surface area contributed by atoms with Gasteiger partial charge in [0.15, 0.2) is 11.5 Å². The summed E-state index contributed by atoms with van der Waals surface area (Å²) in [7, 11) is 1.51. The zero-order valence-corrected chi connectivity index (χ0v) is 19.5. The van der Waals surface area contributed by atoms with Crippen LogP contribution in [0.5, 0.6) is 0 Å². The minimum Gasteiger partial charge on any atom is -0.466 e. The van der Waals surface area contributed by atoms with Crippen LogP contribution < -0.4 is 11.2 Å². The van der Waals surface area contributed by atoms with Crippen molar-refractivity contribution in [3.8, 4) is 11.4 Å². The maximum absolute atomic E-state index is 13.1. The van der Waals surface area contributed by atoms with Crippen molar-refractivity contribution in [3.05, 3.63) is 56.9 Å². The Bertz CT molecular complexity index is 1360. The molecule has 0 bridgehead atoms. The summed E-state index contributed by atoms with van der Waals surface area (Å²) in [4.78, 5) is 61.4. The molecule has 2 aromatic heterocycles. The molecule has 0 unspecified atom stereocenters. The van der Waals surface area contributed by atoms with Crippen LogP contribution in [0.25, 0.3) is 22.4 Å². The van der Waals surface area contributed by atoms with E-state index in [1.165, 1.54) is 22.7 Å². The number of fused-ring (bicyclic) bond motifs is 1. The molecule has 0 radical (unpaired) electrons. The molecule has 1 amide bonds. The Kier molecular flexibility index (Phi) is 6.58. The van der Waals surface area contributed by atoms with E-state index in [0.717, 1.165) is 15.7 Å². The Hall–Kier alpha value is -3.82. The second-order valence-electron chi connectivity index (χ2n) is 8.46. The number of hydrogen-bond donors (Lipinski definition) is 0. The van der Waals surface area contributed by atoms with Gasteiger partial charge in [0, 0.05) is 31.9 Å². The number of amides is 1. The summed E-state index contributed by atoms with van der Waals surface area (Å²) in [6, 6.07) is 7.60. The van der Waals surface area contributed by atoms with Crippen molar-refractivity contribution in [3.63, 3.8) is 0 Å². The van der Waals surface area contributed by atoms with Gasteiger partial charge < -0.3 is 9.64 Å². The third kappa shape index (κ3) is 4.48. The maximum atomic E-state index is 13.1. The van der Waals surface area contributed by atoms with Gasteiger partial charge >= 0.3 is 11.7 Å². The smallest absolute Gasteiger partial charge is 0.332 e. The standard InChI is InChI=1S/C24H27N5O5/c1-4-34-23(32)17-6-5-11-28(13-17)19(30)14-29-22(31)18-12-25-20(16-9-7-15(2)8-10-16)26-21(18)27(3)24(29)33/h7-10,12,17H,4-6,11,13-14H2,1-3H3/t17-/m1/s1. The molecular weight excluding hydrogens is 438 g/mol. The third-order valence-electron chi connectivity index (χ3n) is 6.08. The Morgan fingerprint density at radius 3 is 2.62 bits per heavy atom. The molecule has 1 aliphatic rings. The topological polar surface area (TPSA) is 116 Å². The molecule has 10 nitrogen and oxygen atoms in total. The molecule has 0 N–H and O–H groups in total.